The summed E-state index contributed by atoms with van der Waals surface area (Å²) in [5, 5.41) is 3.55. The van der Waals surface area contributed by atoms with Crippen molar-refractivity contribution in [2.45, 2.75) is 71.1 Å². The Labute approximate surface area is 116 Å². The van der Waals surface area contributed by atoms with Crippen LogP contribution in [-0.2, 0) is 9.53 Å². The van der Waals surface area contributed by atoms with Crippen LogP contribution in [-0.4, -0.2) is 42.3 Å². The van der Waals surface area contributed by atoms with E-state index >= 15 is 0 Å². The number of hydrogen-bond acceptors (Lipinski definition) is 3. The standard InChI is InChI=1S/C15H28N2O2/c1-4-5-6-13-15(18)17(12-7-8-19-10-12)14(16-13)9-11(2)3/h11-14,16H,4-10H2,1-3H3. The van der Waals surface area contributed by atoms with Crippen LogP contribution in [0, 0.1) is 5.92 Å². The zero-order chi connectivity index (χ0) is 13.8. The molecule has 2 aliphatic heterocycles. The van der Waals surface area contributed by atoms with Gasteiger partial charge in [-0.15, -0.1) is 0 Å². The maximum Gasteiger partial charge on any atom is 0.241 e. The van der Waals surface area contributed by atoms with Crippen molar-refractivity contribution in [3.8, 4) is 0 Å². The zero-order valence-electron chi connectivity index (χ0n) is 12.5. The van der Waals surface area contributed by atoms with Gasteiger partial charge in [0.15, 0.2) is 0 Å². The maximum absolute atomic E-state index is 12.6. The first-order valence-corrected chi connectivity index (χ1v) is 7.79. The summed E-state index contributed by atoms with van der Waals surface area (Å²) in [6.45, 7) is 8.11. The molecule has 2 heterocycles. The Morgan fingerprint density at radius 2 is 2.26 bits per heavy atom. The van der Waals surface area contributed by atoms with Crippen molar-refractivity contribution in [1.82, 2.24) is 10.2 Å². The number of nitrogens with zero attached hydrogens (tertiary/aromatic N) is 1. The number of rotatable bonds is 6. The van der Waals surface area contributed by atoms with Gasteiger partial charge >= 0.3 is 0 Å². The van der Waals surface area contributed by atoms with E-state index in [-0.39, 0.29) is 18.2 Å². The molecule has 1 amide bonds. The molecule has 0 bridgehead atoms. The molecule has 4 nitrogen and oxygen atoms in total. The van der Waals surface area contributed by atoms with Gasteiger partial charge < -0.3 is 9.64 Å². The third-order valence-electron chi connectivity index (χ3n) is 4.12. The molecule has 3 atom stereocenters. The van der Waals surface area contributed by atoms with Crippen molar-refractivity contribution >= 4 is 5.91 Å². The highest BCUT2D eigenvalue weighted by molar-refractivity contribution is 5.84. The quantitative estimate of drug-likeness (QED) is 0.802. The largest absolute Gasteiger partial charge is 0.379 e. The second kappa shape index (κ2) is 6.71. The van der Waals surface area contributed by atoms with Crippen molar-refractivity contribution < 1.29 is 9.53 Å². The first-order valence-electron chi connectivity index (χ1n) is 7.79. The highest BCUT2D eigenvalue weighted by Crippen LogP contribution is 2.26. The minimum Gasteiger partial charge on any atom is -0.379 e. The lowest BCUT2D eigenvalue weighted by atomic mass is 10.1. The van der Waals surface area contributed by atoms with E-state index in [1.165, 1.54) is 0 Å². The van der Waals surface area contributed by atoms with E-state index in [9.17, 15) is 4.79 Å². The van der Waals surface area contributed by atoms with Gasteiger partial charge in [0.1, 0.15) is 0 Å². The Morgan fingerprint density at radius 1 is 1.47 bits per heavy atom. The van der Waals surface area contributed by atoms with Crippen molar-refractivity contribution in [2.75, 3.05) is 13.2 Å². The van der Waals surface area contributed by atoms with Crippen molar-refractivity contribution in [1.29, 1.82) is 0 Å². The molecule has 1 N–H and O–H groups in total. The maximum atomic E-state index is 12.6. The van der Waals surface area contributed by atoms with Gasteiger partial charge in [0.25, 0.3) is 0 Å². The van der Waals surface area contributed by atoms with Gasteiger partial charge in [-0.05, 0) is 25.2 Å². The first kappa shape index (κ1) is 14.8. The number of amides is 1. The summed E-state index contributed by atoms with van der Waals surface area (Å²) >= 11 is 0. The van der Waals surface area contributed by atoms with Crippen LogP contribution in [0.5, 0.6) is 0 Å². The van der Waals surface area contributed by atoms with Gasteiger partial charge in [0, 0.05) is 6.61 Å². The van der Waals surface area contributed by atoms with Gasteiger partial charge in [-0.25, -0.2) is 0 Å². The van der Waals surface area contributed by atoms with Gasteiger partial charge in [0.2, 0.25) is 5.91 Å². The monoisotopic (exact) mass is 268 g/mol. The van der Waals surface area contributed by atoms with E-state index in [0.29, 0.717) is 18.4 Å². The predicted molar refractivity (Wildman–Crippen MR) is 75.8 cm³/mol. The van der Waals surface area contributed by atoms with Crippen LogP contribution >= 0.6 is 0 Å². The molecule has 19 heavy (non-hydrogen) atoms. The summed E-state index contributed by atoms with van der Waals surface area (Å²) in [4.78, 5) is 14.7. The molecular weight excluding hydrogens is 240 g/mol. The van der Waals surface area contributed by atoms with Crippen LogP contribution in [0.25, 0.3) is 0 Å². The summed E-state index contributed by atoms with van der Waals surface area (Å²) < 4.78 is 5.47. The second-order valence-corrected chi connectivity index (χ2v) is 6.27. The number of carbonyl (C=O) groups is 1. The Kier molecular flexibility index (Phi) is 5.22. The predicted octanol–water partition coefficient (Wildman–Crippen LogP) is 2.14. The SMILES string of the molecule is CCCCC1NC(CC(C)C)N(C2CCOC2)C1=O. The van der Waals surface area contributed by atoms with Crippen LogP contribution in [0.1, 0.15) is 52.9 Å². The molecule has 0 saturated carbocycles. The van der Waals surface area contributed by atoms with Crippen molar-refractivity contribution in [3.63, 3.8) is 0 Å². The molecule has 3 unspecified atom stereocenters. The highest BCUT2D eigenvalue weighted by atomic mass is 16.5. The number of nitrogens with one attached hydrogen (secondary N) is 1. The number of carbonyl (C=O) groups excluding carboxylic acids is 1. The van der Waals surface area contributed by atoms with Crippen LogP contribution in [0.3, 0.4) is 0 Å². The fraction of sp³-hybridized carbons (Fsp3) is 0.933. The molecule has 110 valence electrons. The summed E-state index contributed by atoms with van der Waals surface area (Å²) in [7, 11) is 0. The van der Waals surface area contributed by atoms with Crippen LogP contribution < -0.4 is 5.32 Å². The molecule has 0 aromatic heterocycles. The molecule has 2 fully saturated rings. The second-order valence-electron chi connectivity index (χ2n) is 6.27. The molecule has 2 saturated heterocycles. The van der Waals surface area contributed by atoms with Gasteiger partial charge in [-0.3, -0.25) is 10.1 Å². The zero-order valence-corrected chi connectivity index (χ0v) is 12.5. The number of hydrogen-bond donors (Lipinski definition) is 1. The minimum absolute atomic E-state index is 0.0318. The summed E-state index contributed by atoms with van der Waals surface area (Å²) in [5.41, 5.74) is 0. The molecule has 2 aliphatic rings. The Bertz CT molecular complexity index is 301. The fourth-order valence-electron chi connectivity index (χ4n) is 3.14. The highest BCUT2D eigenvalue weighted by Gasteiger charge is 2.42. The van der Waals surface area contributed by atoms with Crippen LogP contribution in [0.2, 0.25) is 0 Å². The average Bonchev–Trinajstić information content (AvgIpc) is 2.95. The molecule has 0 spiro atoms. The third kappa shape index (κ3) is 3.48. The van der Waals surface area contributed by atoms with Crippen molar-refractivity contribution in [3.05, 3.63) is 0 Å². The lowest BCUT2D eigenvalue weighted by molar-refractivity contribution is -0.132. The fourth-order valence-corrected chi connectivity index (χ4v) is 3.14. The molecule has 0 radical (unpaired) electrons. The third-order valence-corrected chi connectivity index (χ3v) is 4.12. The topological polar surface area (TPSA) is 41.6 Å². The molecule has 0 aromatic carbocycles. The van der Waals surface area contributed by atoms with Gasteiger partial charge in [-0.1, -0.05) is 33.6 Å². The normalized spacial score (nSPS) is 31.7. The van der Waals surface area contributed by atoms with E-state index in [1.807, 2.05) is 0 Å². The van der Waals surface area contributed by atoms with Gasteiger partial charge in [0.05, 0.1) is 24.9 Å². The van der Waals surface area contributed by atoms with E-state index in [1.54, 1.807) is 0 Å². The number of ether oxygens (including phenoxy) is 1. The van der Waals surface area contributed by atoms with Crippen LogP contribution in [0.4, 0.5) is 0 Å². The Balaban J connectivity index is 2.03. The molecule has 4 heteroatoms. The van der Waals surface area contributed by atoms with Gasteiger partial charge in [-0.2, -0.15) is 0 Å². The Hall–Kier alpha value is -0.610. The average molecular weight is 268 g/mol. The molecule has 0 aromatic rings. The van der Waals surface area contributed by atoms with E-state index in [0.717, 1.165) is 38.7 Å². The summed E-state index contributed by atoms with van der Waals surface area (Å²) in [6.07, 6.45) is 5.46. The lowest BCUT2D eigenvalue weighted by Gasteiger charge is -2.30. The molecule has 0 aliphatic carbocycles. The molecule has 2 rings (SSSR count). The summed E-state index contributed by atoms with van der Waals surface area (Å²) in [6, 6.07) is 0.319. The summed E-state index contributed by atoms with van der Waals surface area (Å²) in [5.74, 6) is 0.898. The van der Waals surface area contributed by atoms with E-state index < -0.39 is 0 Å². The number of unbranched alkanes of at least 4 members (excludes halogenated alkanes) is 1. The van der Waals surface area contributed by atoms with Crippen LogP contribution in [0.15, 0.2) is 0 Å². The first-order chi connectivity index (χ1) is 9.13. The van der Waals surface area contributed by atoms with E-state index in [4.69, 9.17) is 4.74 Å². The van der Waals surface area contributed by atoms with Crippen molar-refractivity contribution in [2.24, 2.45) is 5.92 Å². The smallest absolute Gasteiger partial charge is 0.241 e. The molecular formula is C15H28N2O2. The minimum atomic E-state index is 0.0318. The Morgan fingerprint density at radius 3 is 2.84 bits per heavy atom. The lowest BCUT2D eigenvalue weighted by Crippen LogP contribution is -2.45. The van der Waals surface area contributed by atoms with E-state index in [2.05, 4.69) is 31.0 Å².